The minimum Gasteiger partial charge on any atom is -0.490 e. The molecule has 0 spiro atoms. The quantitative estimate of drug-likeness (QED) is 0.769. The van der Waals surface area contributed by atoms with Crippen LogP contribution in [0.25, 0.3) is 0 Å². The fourth-order valence-corrected chi connectivity index (χ4v) is 5.17. The van der Waals surface area contributed by atoms with E-state index in [4.69, 9.17) is 9.47 Å². The van der Waals surface area contributed by atoms with Gasteiger partial charge >= 0.3 is 0 Å². The Morgan fingerprint density at radius 3 is 2.79 bits per heavy atom. The molecule has 24 heavy (non-hydrogen) atoms. The molecule has 134 valence electrons. The molecule has 2 aliphatic heterocycles. The Labute approximate surface area is 144 Å². The largest absolute Gasteiger partial charge is 0.490 e. The third kappa shape index (κ3) is 4.68. The van der Waals surface area contributed by atoms with Gasteiger partial charge in [-0.1, -0.05) is 0 Å². The SMILES string of the molecule is CO[C@@H]1C[C@@H](COc2cccnc2)N(CC2CCS(=O)(=O)CC2)C1. The number of rotatable bonds is 6. The van der Waals surface area contributed by atoms with Crippen molar-refractivity contribution < 1.29 is 17.9 Å². The third-order valence-corrected chi connectivity index (χ3v) is 6.78. The molecule has 7 heteroatoms. The van der Waals surface area contributed by atoms with Crippen LogP contribution in [-0.2, 0) is 14.6 Å². The van der Waals surface area contributed by atoms with Crippen LogP contribution in [0.1, 0.15) is 19.3 Å². The van der Waals surface area contributed by atoms with E-state index in [2.05, 4.69) is 9.88 Å². The maximum atomic E-state index is 11.6. The van der Waals surface area contributed by atoms with E-state index in [9.17, 15) is 8.42 Å². The third-order valence-electron chi connectivity index (χ3n) is 5.07. The van der Waals surface area contributed by atoms with Crippen LogP contribution in [0.15, 0.2) is 24.5 Å². The number of ether oxygens (including phenoxy) is 2. The minimum atomic E-state index is -2.80. The number of methoxy groups -OCH3 is 1. The number of aromatic nitrogens is 1. The van der Waals surface area contributed by atoms with Gasteiger partial charge in [0, 0.05) is 32.4 Å². The average molecular weight is 354 g/mol. The number of sulfone groups is 1. The fourth-order valence-electron chi connectivity index (χ4n) is 3.58. The van der Waals surface area contributed by atoms with E-state index in [-0.39, 0.29) is 6.10 Å². The van der Waals surface area contributed by atoms with Gasteiger partial charge in [-0.3, -0.25) is 9.88 Å². The van der Waals surface area contributed by atoms with Gasteiger partial charge in [0.05, 0.1) is 23.8 Å². The summed E-state index contributed by atoms with van der Waals surface area (Å²) in [5, 5.41) is 0. The second kappa shape index (κ2) is 7.80. The molecule has 0 aliphatic carbocycles. The molecule has 2 atom stereocenters. The van der Waals surface area contributed by atoms with Crippen LogP contribution in [0.2, 0.25) is 0 Å². The highest BCUT2D eigenvalue weighted by molar-refractivity contribution is 7.91. The molecule has 0 saturated carbocycles. The van der Waals surface area contributed by atoms with Gasteiger partial charge in [0.15, 0.2) is 0 Å². The summed E-state index contributed by atoms with van der Waals surface area (Å²) >= 11 is 0. The molecule has 3 rings (SSSR count). The van der Waals surface area contributed by atoms with Gasteiger partial charge in [-0.25, -0.2) is 8.42 Å². The molecule has 0 radical (unpaired) electrons. The second-order valence-electron chi connectivity index (χ2n) is 6.80. The fraction of sp³-hybridized carbons (Fsp3) is 0.706. The van der Waals surface area contributed by atoms with Crippen LogP contribution in [0, 0.1) is 5.92 Å². The van der Waals surface area contributed by atoms with Gasteiger partial charge in [-0.2, -0.15) is 0 Å². The number of hydrogen-bond donors (Lipinski definition) is 0. The summed E-state index contributed by atoms with van der Waals surface area (Å²) in [7, 11) is -1.05. The number of likely N-dealkylation sites (tertiary alicyclic amines) is 1. The van der Waals surface area contributed by atoms with Crippen molar-refractivity contribution in [2.45, 2.75) is 31.4 Å². The van der Waals surface area contributed by atoms with E-state index >= 15 is 0 Å². The summed E-state index contributed by atoms with van der Waals surface area (Å²) in [5.41, 5.74) is 0. The van der Waals surface area contributed by atoms with E-state index in [1.54, 1.807) is 19.5 Å². The normalized spacial score (nSPS) is 28.0. The van der Waals surface area contributed by atoms with Gasteiger partial charge in [-0.15, -0.1) is 0 Å². The first-order valence-corrected chi connectivity index (χ1v) is 10.4. The predicted octanol–water partition coefficient (Wildman–Crippen LogP) is 1.37. The molecular formula is C17H26N2O4S. The summed E-state index contributed by atoms with van der Waals surface area (Å²) < 4.78 is 34.6. The molecule has 0 N–H and O–H groups in total. The summed E-state index contributed by atoms with van der Waals surface area (Å²) in [5.74, 6) is 1.89. The Bertz CT molecular complexity index is 609. The second-order valence-corrected chi connectivity index (χ2v) is 9.10. The molecule has 6 nitrogen and oxygen atoms in total. The van der Waals surface area contributed by atoms with Crippen molar-refractivity contribution in [1.82, 2.24) is 9.88 Å². The van der Waals surface area contributed by atoms with Crippen molar-refractivity contribution >= 4 is 9.84 Å². The lowest BCUT2D eigenvalue weighted by molar-refractivity contribution is 0.104. The first-order chi connectivity index (χ1) is 11.6. The molecule has 2 saturated heterocycles. The highest BCUT2D eigenvalue weighted by Gasteiger charge is 2.35. The minimum absolute atomic E-state index is 0.222. The van der Waals surface area contributed by atoms with Crippen molar-refractivity contribution in [3.05, 3.63) is 24.5 Å². The van der Waals surface area contributed by atoms with Gasteiger partial charge in [-0.05, 0) is 37.3 Å². The summed E-state index contributed by atoms with van der Waals surface area (Å²) in [4.78, 5) is 6.48. The molecule has 2 aliphatic rings. The maximum Gasteiger partial charge on any atom is 0.150 e. The number of nitrogens with zero attached hydrogens (tertiary/aromatic N) is 2. The monoisotopic (exact) mass is 354 g/mol. The maximum absolute atomic E-state index is 11.6. The first-order valence-electron chi connectivity index (χ1n) is 8.56. The lowest BCUT2D eigenvalue weighted by Crippen LogP contribution is -2.40. The van der Waals surface area contributed by atoms with Crippen LogP contribution in [0.5, 0.6) is 5.75 Å². The average Bonchev–Trinajstić information content (AvgIpc) is 2.98. The topological polar surface area (TPSA) is 68.7 Å². The summed E-state index contributed by atoms with van der Waals surface area (Å²) in [6.45, 7) is 2.42. The van der Waals surface area contributed by atoms with E-state index < -0.39 is 9.84 Å². The molecule has 3 heterocycles. The zero-order chi connectivity index (χ0) is 17.0. The zero-order valence-electron chi connectivity index (χ0n) is 14.1. The number of hydrogen-bond acceptors (Lipinski definition) is 6. The van der Waals surface area contributed by atoms with Crippen molar-refractivity contribution in [2.75, 3.05) is 38.3 Å². The van der Waals surface area contributed by atoms with Gasteiger partial charge in [0.25, 0.3) is 0 Å². The van der Waals surface area contributed by atoms with E-state index in [1.165, 1.54) is 0 Å². The molecule has 1 aromatic rings. The van der Waals surface area contributed by atoms with Gasteiger partial charge in [0.2, 0.25) is 0 Å². The Morgan fingerprint density at radius 2 is 2.12 bits per heavy atom. The lowest BCUT2D eigenvalue weighted by atomic mass is 10.0. The number of pyridine rings is 1. The molecule has 0 bridgehead atoms. The highest BCUT2D eigenvalue weighted by Crippen LogP contribution is 2.26. The molecule has 0 amide bonds. The van der Waals surface area contributed by atoms with Crippen molar-refractivity contribution in [3.63, 3.8) is 0 Å². The molecular weight excluding hydrogens is 328 g/mol. The van der Waals surface area contributed by atoms with Gasteiger partial charge < -0.3 is 9.47 Å². The van der Waals surface area contributed by atoms with E-state index in [1.807, 2.05) is 12.1 Å². The van der Waals surface area contributed by atoms with Crippen LogP contribution >= 0.6 is 0 Å². The van der Waals surface area contributed by atoms with Crippen molar-refractivity contribution in [3.8, 4) is 5.75 Å². The molecule has 0 aromatic carbocycles. The Morgan fingerprint density at radius 1 is 1.33 bits per heavy atom. The Hall–Kier alpha value is -1.18. The lowest BCUT2D eigenvalue weighted by Gasteiger charge is -2.30. The van der Waals surface area contributed by atoms with Crippen LogP contribution in [0.3, 0.4) is 0 Å². The predicted molar refractivity (Wildman–Crippen MR) is 91.9 cm³/mol. The molecule has 1 aromatic heterocycles. The molecule has 2 fully saturated rings. The highest BCUT2D eigenvalue weighted by atomic mass is 32.2. The van der Waals surface area contributed by atoms with Crippen molar-refractivity contribution in [1.29, 1.82) is 0 Å². The van der Waals surface area contributed by atoms with Crippen LogP contribution < -0.4 is 4.74 Å². The van der Waals surface area contributed by atoms with Crippen molar-refractivity contribution in [2.24, 2.45) is 5.92 Å². The Balaban J connectivity index is 1.55. The van der Waals surface area contributed by atoms with E-state index in [0.717, 1.165) is 38.1 Å². The first kappa shape index (κ1) is 17.6. The smallest absolute Gasteiger partial charge is 0.150 e. The van der Waals surface area contributed by atoms with E-state index in [0.29, 0.717) is 30.1 Å². The van der Waals surface area contributed by atoms with Crippen LogP contribution in [-0.4, -0.2) is 68.8 Å². The van der Waals surface area contributed by atoms with Gasteiger partial charge in [0.1, 0.15) is 22.2 Å². The summed E-state index contributed by atoms with van der Waals surface area (Å²) in [6, 6.07) is 4.07. The Kier molecular flexibility index (Phi) is 5.73. The van der Waals surface area contributed by atoms with Crippen LogP contribution in [0.4, 0.5) is 0 Å². The standard InChI is InChI=1S/C17H26N2O4S/c1-22-17-9-15(13-23-16-3-2-6-18-10-16)19(12-17)11-14-4-7-24(20,21)8-5-14/h2-3,6,10,14-15,17H,4-5,7-9,11-13H2,1H3/t15-,17+/m0/s1. The summed E-state index contributed by atoms with van der Waals surface area (Å²) in [6.07, 6.45) is 6.16. The zero-order valence-corrected chi connectivity index (χ0v) is 15.0. The molecule has 0 unspecified atom stereocenters.